The number of aryl methyl sites for hydroxylation is 1. The Morgan fingerprint density at radius 2 is 2.11 bits per heavy atom. The number of furan rings is 1. The molecule has 94 valence electrons. The third kappa shape index (κ3) is 2.93. The second-order valence-electron chi connectivity index (χ2n) is 4.25. The van der Waals surface area contributed by atoms with Crippen LogP contribution in [0.1, 0.15) is 21.7 Å². The van der Waals surface area contributed by atoms with E-state index in [1.165, 1.54) is 5.56 Å². The van der Waals surface area contributed by atoms with Gasteiger partial charge in [-0.25, -0.2) is 0 Å². The van der Waals surface area contributed by atoms with Crippen molar-refractivity contribution in [3.05, 3.63) is 58.5 Å². The number of halogens is 1. The van der Waals surface area contributed by atoms with E-state index in [9.17, 15) is 4.79 Å². The van der Waals surface area contributed by atoms with E-state index >= 15 is 0 Å². The smallest absolute Gasteiger partial charge is 0.289 e. The molecule has 18 heavy (non-hydrogen) atoms. The van der Waals surface area contributed by atoms with Crippen molar-refractivity contribution in [1.29, 1.82) is 0 Å². The van der Waals surface area contributed by atoms with E-state index in [1.54, 1.807) is 24.1 Å². The number of benzene rings is 1. The summed E-state index contributed by atoms with van der Waals surface area (Å²) >= 11 is 5.65. The number of hydrogen-bond donors (Lipinski definition) is 0. The van der Waals surface area contributed by atoms with Gasteiger partial charge >= 0.3 is 0 Å². The molecule has 2 rings (SSSR count). The number of hydrogen-bond acceptors (Lipinski definition) is 2. The monoisotopic (exact) mass is 263 g/mol. The molecule has 1 aromatic carbocycles. The van der Waals surface area contributed by atoms with Crippen LogP contribution in [0.25, 0.3) is 0 Å². The highest BCUT2D eigenvalue weighted by atomic mass is 35.5. The zero-order chi connectivity index (χ0) is 13.1. The lowest BCUT2D eigenvalue weighted by Gasteiger charge is -2.16. The van der Waals surface area contributed by atoms with Gasteiger partial charge in [-0.1, -0.05) is 29.8 Å². The van der Waals surface area contributed by atoms with Crippen LogP contribution >= 0.6 is 11.6 Å². The molecule has 0 atom stereocenters. The minimum atomic E-state index is -0.177. The lowest BCUT2D eigenvalue weighted by atomic mass is 10.1. The van der Waals surface area contributed by atoms with Gasteiger partial charge in [0.15, 0.2) is 11.0 Å². The van der Waals surface area contributed by atoms with E-state index in [4.69, 9.17) is 16.0 Å². The third-order valence-electron chi connectivity index (χ3n) is 2.63. The molecule has 0 saturated carbocycles. The van der Waals surface area contributed by atoms with Crippen molar-refractivity contribution < 1.29 is 9.21 Å². The Hall–Kier alpha value is -1.74. The maximum atomic E-state index is 12.0. The molecular weight excluding hydrogens is 250 g/mol. The van der Waals surface area contributed by atoms with Crippen LogP contribution in [0, 0.1) is 6.92 Å². The Morgan fingerprint density at radius 1 is 1.33 bits per heavy atom. The Morgan fingerprint density at radius 3 is 2.72 bits per heavy atom. The van der Waals surface area contributed by atoms with Gasteiger partial charge in [0.1, 0.15) is 0 Å². The normalized spacial score (nSPS) is 10.4. The Labute approximate surface area is 111 Å². The summed E-state index contributed by atoms with van der Waals surface area (Å²) in [6.07, 6.45) is 0. The van der Waals surface area contributed by atoms with Crippen LogP contribution in [0.4, 0.5) is 0 Å². The number of amides is 1. The Bertz CT molecular complexity index is 562. The molecule has 0 unspecified atom stereocenters. The molecule has 1 heterocycles. The van der Waals surface area contributed by atoms with Crippen molar-refractivity contribution >= 4 is 17.5 Å². The van der Waals surface area contributed by atoms with Crippen LogP contribution < -0.4 is 0 Å². The molecule has 0 N–H and O–H groups in total. The van der Waals surface area contributed by atoms with Crippen LogP contribution in [0.3, 0.4) is 0 Å². The van der Waals surface area contributed by atoms with Crippen LogP contribution in [0.15, 0.2) is 40.8 Å². The standard InChI is InChI=1S/C14H14ClNO2/c1-10-4-3-5-11(8-10)9-16(2)14(17)12-6-7-13(15)18-12/h3-8H,9H2,1-2H3. The molecule has 0 spiro atoms. The maximum Gasteiger partial charge on any atom is 0.289 e. The highest BCUT2D eigenvalue weighted by Gasteiger charge is 2.15. The maximum absolute atomic E-state index is 12.0. The van der Waals surface area contributed by atoms with Crippen molar-refractivity contribution in [2.24, 2.45) is 0 Å². The van der Waals surface area contributed by atoms with Crippen LogP contribution in [-0.4, -0.2) is 17.9 Å². The average Bonchev–Trinajstić information content (AvgIpc) is 2.75. The fourth-order valence-electron chi connectivity index (χ4n) is 1.77. The van der Waals surface area contributed by atoms with Gasteiger partial charge in [-0.15, -0.1) is 0 Å². The van der Waals surface area contributed by atoms with Crippen LogP contribution in [-0.2, 0) is 6.54 Å². The number of rotatable bonds is 3. The summed E-state index contributed by atoms with van der Waals surface area (Å²) < 4.78 is 5.10. The molecule has 0 aliphatic rings. The van der Waals surface area contributed by atoms with Crippen LogP contribution in [0.5, 0.6) is 0 Å². The first-order chi connectivity index (χ1) is 8.56. The summed E-state index contributed by atoms with van der Waals surface area (Å²) in [6, 6.07) is 11.2. The van der Waals surface area contributed by atoms with Crippen molar-refractivity contribution in [2.75, 3.05) is 7.05 Å². The van der Waals surface area contributed by atoms with E-state index in [2.05, 4.69) is 6.07 Å². The zero-order valence-corrected chi connectivity index (χ0v) is 11.1. The summed E-state index contributed by atoms with van der Waals surface area (Å²) in [5.74, 6) is 0.0820. The minimum absolute atomic E-state index is 0.177. The molecule has 0 aliphatic heterocycles. The molecule has 3 nitrogen and oxygen atoms in total. The predicted molar refractivity (Wildman–Crippen MR) is 70.7 cm³/mol. The summed E-state index contributed by atoms with van der Waals surface area (Å²) in [5, 5.41) is 0.224. The van der Waals surface area contributed by atoms with Gasteiger partial charge in [0.2, 0.25) is 0 Å². The third-order valence-corrected chi connectivity index (χ3v) is 2.84. The fourth-order valence-corrected chi connectivity index (χ4v) is 1.92. The largest absolute Gasteiger partial charge is 0.440 e. The first-order valence-electron chi connectivity index (χ1n) is 5.62. The molecule has 0 fully saturated rings. The molecular formula is C14H14ClNO2. The number of carbonyl (C=O) groups is 1. The molecule has 0 saturated heterocycles. The summed E-state index contributed by atoms with van der Waals surface area (Å²) in [4.78, 5) is 13.6. The van der Waals surface area contributed by atoms with Gasteiger partial charge in [0, 0.05) is 13.6 Å². The zero-order valence-electron chi connectivity index (χ0n) is 10.3. The van der Waals surface area contributed by atoms with E-state index < -0.39 is 0 Å². The fraction of sp³-hybridized carbons (Fsp3) is 0.214. The summed E-state index contributed by atoms with van der Waals surface area (Å²) in [5.41, 5.74) is 2.26. The van der Waals surface area contributed by atoms with Crippen molar-refractivity contribution in [3.8, 4) is 0 Å². The van der Waals surface area contributed by atoms with E-state index in [0.29, 0.717) is 6.54 Å². The molecule has 0 aliphatic carbocycles. The average molecular weight is 264 g/mol. The lowest BCUT2D eigenvalue weighted by molar-refractivity contribution is 0.0753. The second kappa shape index (κ2) is 5.27. The second-order valence-corrected chi connectivity index (χ2v) is 4.63. The first kappa shape index (κ1) is 12.7. The summed E-state index contributed by atoms with van der Waals surface area (Å²) in [6.45, 7) is 2.57. The first-order valence-corrected chi connectivity index (χ1v) is 6.00. The van der Waals surface area contributed by atoms with Gasteiger partial charge in [0.05, 0.1) is 0 Å². The molecule has 1 amide bonds. The van der Waals surface area contributed by atoms with E-state index in [-0.39, 0.29) is 16.9 Å². The molecule has 4 heteroatoms. The highest BCUT2D eigenvalue weighted by Crippen LogP contribution is 2.16. The van der Waals surface area contributed by atoms with Gasteiger partial charge in [-0.05, 0) is 36.2 Å². The van der Waals surface area contributed by atoms with Gasteiger partial charge in [-0.2, -0.15) is 0 Å². The van der Waals surface area contributed by atoms with Gasteiger partial charge < -0.3 is 9.32 Å². The van der Waals surface area contributed by atoms with Crippen molar-refractivity contribution in [3.63, 3.8) is 0 Å². The Balaban J connectivity index is 2.08. The van der Waals surface area contributed by atoms with E-state index in [1.807, 2.05) is 25.1 Å². The number of nitrogens with zero attached hydrogens (tertiary/aromatic N) is 1. The summed E-state index contributed by atoms with van der Waals surface area (Å²) in [7, 11) is 1.74. The quantitative estimate of drug-likeness (QED) is 0.849. The predicted octanol–water partition coefficient (Wildman–Crippen LogP) is 3.51. The highest BCUT2D eigenvalue weighted by molar-refractivity contribution is 6.29. The van der Waals surface area contributed by atoms with Gasteiger partial charge in [-0.3, -0.25) is 4.79 Å². The van der Waals surface area contributed by atoms with Gasteiger partial charge in [0.25, 0.3) is 5.91 Å². The topological polar surface area (TPSA) is 33.5 Å². The molecule has 1 aromatic heterocycles. The van der Waals surface area contributed by atoms with Crippen LogP contribution in [0.2, 0.25) is 5.22 Å². The molecule has 2 aromatic rings. The minimum Gasteiger partial charge on any atom is -0.440 e. The molecule has 0 bridgehead atoms. The van der Waals surface area contributed by atoms with Crippen molar-refractivity contribution in [2.45, 2.75) is 13.5 Å². The number of carbonyl (C=O) groups excluding carboxylic acids is 1. The lowest BCUT2D eigenvalue weighted by Crippen LogP contribution is -2.25. The van der Waals surface area contributed by atoms with Crippen molar-refractivity contribution in [1.82, 2.24) is 4.90 Å². The SMILES string of the molecule is Cc1cccc(CN(C)C(=O)c2ccc(Cl)o2)c1. The van der Waals surface area contributed by atoms with E-state index in [0.717, 1.165) is 5.56 Å². The molecule has 0 radical (unpaired) electrons. The Kier molecular flexibility index (Phi) is 3.72.